The summed E-state index contributed by atoms with van der Waals surface area (Å²) in [5.41, 5.74) is 9.73. The topological polar surface area (TPSA) is 115 Å². The zero-order valence-corrected chi connectivity index (χ0v) is 25.8. The number of alkyl halides is 1. The second kappa shape index (κ2) is 12.2. The van der Waals surface area contributed by atoms with Crippen molar-refractivity contribution < 1.29 is 22.8 Å². The summed E-state index contributed by atoms with van der Waals surface area (Å²) in [5, 5.41) is 4.68. The van der Waals surface area contributed by atoms with E-state index in [9.17, 15) is 14.0 Å². The Morgan fingerprint density at radius 3 is 2.49 bits per heavy atom. The fraction of sp³-hybridized carbons (Fsp3) is 0.184. The number of hydrogen-bond donors (Lipinski definition) is 2. The number of carbonyl (C=O) groups excluding carboxylic acids is 2. The van der Waals surface area contributed by atoms with Crippen LogP contribution in [0.1, 0.15) is 41.4 Å². The number of likely N-dealkylation sites (tertiary alicyclic amines) is 1. The highest BCUT2D eigenvalue weighted by Crippen LogP contribution is 2.38. The molecule has 1 aliphatic heterocycles. The van der Waals surface area contributed by atoms with Crippen molar-refractivity contribution in [2.45, 2.75) is 32.0 Å². The van der Waals surface area contributed by atoms with E-state index in [0.717, 1.165) is 38.6 Å². The lowest BCUT2D eigenvalue weighted by Gasteiger charge is -2.34. The fourth-order valence-electron chi connectivity index (χ4n) is 5.84. The van der Waals surface area contributed by atoms with Crippen molar-refractivity contribution in [1.29, 1.82) is 0 Å². The van der Waals surface area contributed by atoms with Crippen molar-refractivity contribution in [3.05, 3.63) is 114 Å². The second-order valence-electron chi connectivity index (χ2n) is 12.2. The van der Waals surface area contributed by atoms with Gasteiger partial charge in [0.25, 0.3) is 5.91 Å². The third-order valence-corrected chi connectivity index (χ3v) is 8.59. The molecule has 0 atom stereocenters. The molecular formula is C38H33FN4O4. The van der Waals surface area contributed by atoms with E-state index in [1.165, 1.54) is 6.08 Å². The Labute approximate surface area is 270 Å². The SMILES string of the molecule is CC1(F)CCN(C(=O)c2ccc(-c3cc(-c4cc5ccccc5o4)c4oc(CNC(=O)/C=C/c5ccc(N)nc5)cc4c3)cc2)CC1. The lowest BCUT2D eigenvalue weighted by Crippen LogP contribution is -2.43. The summed E-state index contributed by atoms with van der Waals surface area (Å²) in [6, 6.07) is 26.7. The van der Waals surface area contributed by atoms with Crippen LogP contribution in [0, 0.1) is 0 Å². The van der Waals surface area contributed by atoms with Crippen molar-refractivity contribution in [2.75, 3.05) is 18.8 Å². The fourth-order valence-corrected chi connectivity index (χ4v) is 5.84. The highest BCUT2D eigenvalue weighted by atomic mass is 19.1. The van der Waals surface area contributed by atoms with Gasteiger partial charge in [-0.25, -0.2) is 9.37 Å². The standard InChI is InChI=1S/C38H33FN4O4/c1-38(39)14-16-43(17-15-38)37(45)26-10-8-25(9-11-26)28-18-29-19-30(23-42-35(44)13-7-24-6-12-34(40)41-22-24)46-36(29)31(20-28)33-21-27-4-2-3-5-32(27)47-33/h2-13,18-22H,14-17,23H2,1H3,(H2,40,41)(H,42,44)/b13-7+. The van der Waals surface area contributed by atoms with Gasteiger partial charge in [0.15, 0.2) is 0 Å². The maximum atomic E-state index is 14.3. The first-order chi connectivity index (χ1) is 22.7. The van der Waals surface area contributed by atoms with Gasteiger partial charge >= 0.3 is 0 Å². The molecule has 3 aromatic heterocycles. The van der Waals surface area contributed by atoms with Crippen LogP contribution in [0.5, 0.6) is 0 Å². The number of para-hydroxylation sites is 1. The van der Waals surface area contributed by atoms with E-state index in [-0.39, 0.29) is 18.4 Å². The number of rotatable bonds is 7. The van der Waals surface area contributed by atoms with Gasteiger partial charge < -0.3 is 24.8 Å². The van der Waals surface area contributed by atoms with Crippen LogP contribution in [0.3, 0.4) is 0 Å². The van der Waals surface area contributed by atoms with E-state index in [1.807, 2.05) is 72.8 Å². The Bertz CT molecular complexity index is 2080. The Hall–Kier alpha value is -5.70. The summed E-state index contributed by atoms with van der Waals surface area (Å²) in [6.45, 7) is 2.59. The third-order valence-electron chi connectivity index (χ3n) is 8.59. The van der Waals surface area contributed by atoms with Crippen molar-refractivity contribution in [2.24, 2.45) is 0 Å². The van der Waals surface area contributed by atoms with Gasteiger partial charge in [-0.3, -0.25) is 9.59 Å². The highest BCUT2D eigenvalue weighted by Gasteiger charge is 2.31. The number of nitrogens with two attached hydrogens (primary N) is 1. The van der Waals surface area contributed by atoms with Crippen LogP contribution in [0.2, 0.25) is 0 Å². The number of furan rings is 2. The number of anilines is 1. The predicted octanol–water partition coefficient (Wildman–Crippen LogP) is 7.78. The summed E-state index contributed by atoms with van der Waals surface area (Å²) in [4.78, 5) is 31.4. The van der Waals surface area contributed by atoms with Gasteiger partial charge in [-0.2, -0.15) is 0 Å². The summed E-state index contributed by atoms with van der Waals surface area (Å²) >= 11 is 0. The number of nitrogen functional groups attached to an aromatic ring is 1. The van der Waals surface area contributed by atoms with Crippen molar-refractivity contribution in [1.82, 2.24) is 15.2 Å². The molecule has 0 aliphatic carbocycles. The molecule has 0 bridgehead atoms. The molecule has 0 radical (unpaired) electrons. The number of aromatic nitrogens is 1. The first-order valence-electron chi connectivity index (χ1n) is 15.5. The Morgan fingerprint density at radius 2 is 1.74 bits per heavy atom. The number of carbonyl (C=O) groups is 2. The van der Waals surface area contributed by atoms with Crippen LogP contribution in [0.15, 0.2) is 106 Å². The third kappa shape index (κ3) is 6.51. The van der Waals surface area contributed by atoms with Crippen LogP contribution < -0.4 is 11.1 Å². The van der Waals surface area contributed by atoms with Gasteiger partial charge in [-0.05, 0) is 97.1 Å². The molecule has 6 aromatic rings. The van der Waals surface area contributed by atoms with E-state index in [2.05, 4.69) is 10.3 Å². The smallest absolute Gasteiger partial charge is 0.253 e. The van der Waals surface area contributed by atoms with Gasteiger partial charge in [0.05, 0.1) is 12.1 Å². The Balaban J connectivity index is 1.17. The molecule has 9 heteroatoms. The summed E-state index contributed by atoms with van der Waals surface area (Å²) in [6.07, 6.45) is 5.38. The zero-order chi connectivity index (χ0) is 32.5. The normalized spacial score (nSPS) is 14.6. The molecule has 8 nitrogen and oxygen atoms in total. The molecule has 47 heavy (non-hydrogen) atoms. The van der Waals surface area contributed by atoms with Crippen molar-refractivity contribution in [3.8, 4) is 22.5 Å². The van der Waals surface area contributed by atoms with Crippen molar-refractivity contribution >= 4 is 45.6 Å². The number of halogens is 1. The predicted molar refractivity (Wildman–Crippen MR) is 181 cm³/mol. The number of amides is 2. The quantitative estimate of drug-likeness (QED) is 0.175. The molecule has 0 unspecified atom stereocenters. The lowest BCUT2D eigenvalue weighted by atomic mass is 9.95. The number of nitrogens with one attached hydrogen (secondary N) is 1. The molecule has 1 fully saturated rings. The summed E-state index contributed by atoms with van der Waals surface area (Å²) in [5.74, 6) is 1.28. The molecular weight excluding hydrogens is 595 g/mol. The Morgan fingerprint density at radius 1 is 0.957 bits per heavy atom. The Kier molecular flexibility index (Phi) is 7.81. The minimum atomic E-state index is -1.22. The highest BCUT2D eigenvalue weighted by molar-refractivity contribution is 5.99. The number of benzene rings is 3. The molecule has 3 N–H and O–H groups in total. The average Bonchev–Trinajstić information content (AvgIpc) is 3.71. The zero-order valence-electron chi connectivity index (χ0n) is 25.8. The molecule has 236 valence electrons. The minimum absolute atomic E-state index is 0.0908. The lowest BCUT2D eigenvalue weighted by molar-refractivity contribution is -0.116. The minimum Gasteiger partial charge on any atom is -0.458 e. The second-order valence-corrected chi connectivity index (χ2v) is 12.2. The maximum Gasteiger partial charge on any atom is 0.253 e. The van der Waals surface area contributed by atoms with Gasteiger partial charge in [0.2, 0.25) is 5.91 Å². The van der Waals surface area contributed by atoms with E-state index in [4.69, 9.17) is 14.6 Å². The van der Waals surface area contributed by atoms with E-state index in [1.54, 1.807) is 36.2 Å². The molecule has 2 amide bonds. The molecule has 3 aromatic carbocycles. The maximum absolute atomic E-state index is 14.3. The molecule has 7 rings (SSSR count). The van der Waals surface area contributed by atoms with E-state index >= 15 is 0 Å². The van der Waals surface area contributed by atoms with Gasteiger partial charge in [-0.15, -0.1) is 0 Å². The van der Waals surface area contributed by atoms with Crippen LogP contribution in [-0.2, 0) is 11.3 Å². The molecule has 0 spiro atoms. The summed E-state index contributed by atoms with van der Waals surface area (Å²) in [7, 11) is 0. The number of piperidine rings is 1. The molecule has 1 aliphatic rings. The first-order valence-corrected chi connectivity index (χ1v) is 15.5. The first kappa shape index (κ1) is 30.0. The van der Waals surface area contributed by atoms with Gasteiger partial charge in [-0.1, -0.05) is 30.3 Å². The monoisotopic (exact) mass is 628 g/mol. The van der Waals surface area contributed by atoms with Gasteiger partial charge in [0, 0.05) is 41.7 Å². The van der Waals surface area contributed by atoms with Crippen LogP contribution in [-0.4, -0.2) is 40.5 Å². The van der Waals surface area contributed by atoms with Crippen LogP contribution in [0.4, 0.5) is 10.2 Å². The number of nitrogens with zero attached hydrogens (tertiary/aromatic N) is 2. The van der Waals surface area contributed by atoms with Crippen molar-refractivity contribution in [3.63, 3.8) is 0 Å². The molecule has 0 saturated carbocycles. The van der Waals surface area contributed by atoms with Crippen LogP contribution in [0.25, 0.3) is 50.5 Å². The van der Waals surface area contributed by atoms with Gasteiger partial charge in [0.1, 0.15) is 34.2 Å². The molecule has 1 saturated heterocycles. The number of fused-ring (bicyclic) bond motifs is 2. The number of hydrogen-bond acceptors (Lipinski definition) is 6. The van der Waals surface area contributed by atoms with Crippen LogP contribution >= 0.6 is 0 Å². The summed E-state index contributed by atoms with van der Waals surface area (Å²) < 4.78 is 26.8. The largest absolute Gasteiger partial charge is 0.458 e. The van der Waals surface area contributed by atoms with E-state index in [0.29, 0.717) is 54.4 Å². The molecule has 4 heterocycles. The average molecular weight is 629 g/mol. The number of pyridine rings is 1. The van der Waals surface area contributed by atoms with E-state index < -0.39 is 5.67 Å².